The molecule has 1 aromatic rings. The van der Waals surface area contributed by atoms with Crippen LogP contribution in [0.15, 0.2) is 24.3 Å². The van der Waals surface area contributed by atoms with Crippen LogP contribution in [0.2, 0.25) is 0 Å². The van der Waals surface area contributed by atoms with Crippen molar-refractivity contribution in [3.8, 4) is 0 Å². The van der Waals surface area contributed by atoms with Crippen molar-refractivity contribution in [2.24, 2.45) is 11.3 Å². The molecule has 2 rings (SSSR count). The van der Waals surface area contributed by atoms with Crippen LogP contribution < -0.4 is 4.90 Å². The van der Waals surface area contributed by atoms with Gasteiger partial charge in [0.05, 0.1) is 0 Å². The predicted octanol–water partition coefficient (Wildman–Crippen LogP) is 3.32. The molecule has 1 heterocycles. The lowest BCUT2D eigenvalue weighted by Crippen LogP contribution is -2.46. The third kappa shape index (κ3) is 3.28. The highest BCUT2D eigenvalue weighted by Crippen LogP contribution is 2.38. The molecule has 1 aliphatic heterocycles. The standard InChI is InChI=1S/C16H23NO2/c1-12-4-6-14(7-5-12)17-9-8-13(10-15(18)19)16(2,3)11-17/h4-7,13H,8-11H2,1-3H3,(H,18,19). The van der Waals surface area contributed by atoms with E-state index in [2.05, 4.69) is 49.9 Å². The Bertz CT molecular complexity index is 450. The zero-order valence-electron chi connectivity index (χ0n) is 12.0. The lowest BCUT2D eigenvalue weighted by Gasteiger charge is -2.45. The van der Waals surface area contributed by atoms with Crippen molar-refractivity contribution in [1.82, 2.24) is 0 Å². The minimum absolute atomic E-state index is 0.0432. The number of rotatable bonds is 3. The van der Waals surface area contributed by atoms with Gasteiger partial charge < -0.3 is 10.0 Å². The first kappa shape index (κ1) is 13.9. The van der Waals surface area contributed by atoms with Gasteiger partial charge in [-0.05, 0) is 36.8 Å². The number of hydrogen-bond acceptors (Lipinski definition) is 2. The van der Waals surface area contributed by atoms with Crippen LogP contribution in [-0.4, -0.2) is 24.2 Å². The van der Waals surface area contributed by atoms with Gasteiger partial charge in [-0.3, -0.25) is 4.79 Å². The van der Waals surface area contributed by atoms with E-state index in [0.29, 0.717) is 0 Å². The van der Waals surface area contributed by atoms with Crippen molar-refractivity contribution in [3.63, 3.8) is 0 Å². The number of aliphatic carboxylic acids is 1. The van der Waals surface area contributed by atoms with E-state index < -0.39 is 5.97 Å². The van der Waals surface area contributed by atoms with Crippen LogP contribution in [-0.2, 0) is 4.79 Å². The van der Waals surface area contributed by atoms with Gasteiger partial charge in [-0.25, -0.2) is 0 Å². The Morgan fingerprint density at radius 2 is 2.00 bits per heavy atom. The molecule has 1 saturated heterocycles. The fourth-order valence-corrected chi connectivity index (χ4v) is 2.97. The molecule has 0 spiro atoms. The molecule has 0 aliphatic carbocycles. The summed E-state index contributed by atoms with van der Waals surface area (Å²) in [6.45, 7) is 8.33. The number of anilines is 1. The molecule has 1 aromatic carbocycles. The van der Waals surface area contributed by atoms with Crippen molar-refractivity contribution in [2.45, 2.75) is 33.6 Å². The molecule has 19 heavy (non-hydrogen) atoms. The summed E-state index contributed by atoms with van der Waals surface area (Å²) in [5, 5.41) is 9.00. The van der Waals surface area contributed by atoms with Crippen molar-refractivity contribution in [2.75, 3.05) is 18.0 Å². The van der Waals surface area contributed by atoms with Gasteiger partial charge in [0, 0.05) is 25.2 Å². The van der Waals surface area contributed by atoms with Gasteiger partial charge in [0.25, 0.3) is 0 Å². The molecule has 3 heteroatoms. The minimum Gasteiger partial charge on any atom is -0.481 e. The summed E-state index contributed by atoms with van der Waals surface area (Å²) >= 11 is 0. The molecule has 0 amide bonds. The highest BCUT2D eigenvalue weighted by molar-refractivity contribution is 5.67. The number of hydrogen-bond donors (Lipinski definition) is 1. The molecule has 104 valence electrons. The summed E-state index contributed by atoms with van der Waals surface area (Å²) in [7, 11) is 0. The van der Waals surface area contributed by atoms with E-state index in [9.17, 15) is 4.79 Å². The van der Waals surface area contributed by atoms with Gasteiger partial charge in [-0.2, -0.15) is 0 Å². The number of carboxylic acids is 1. The summed E-state index contributed by atoms with van der Waals surface area (Å²) in [5.74, 6) is -0.409. The first-order valence-corrected chi connectivity index (χ1v) is 6.92. The fraction of sp³-hybridized carbons (Fsp3) is 0.562. The number of carboxylic acid groups (broad SMARTS) is 1. The zero-order valence-corrected chi connectivity index (χ0v) is 12.0. The Morgan fingerprint density at radius 3 is 2.53 bits per heavy atom. The SMILES string of the molecule is Cc1ccc(N2CCC(CC(=O)O)C(C)(C)C2)cc1. The van der Waals surface area contributed by atoms with Gasteiger partial charge >= 0.3 is 5.97 Å². The third-order valence-corrected chi connectivity index (χ3v) is 4.27. The Kier molecular flexibility index (Phi) is 3.83. The maximum Gasteiger partial charge on any atom is 0.303 e. The number of aryl methyl sites for hydroxylation is 1. The van der Waals surface area contributed by atoms with E-state index in [1.807, 2.05) is 0 Å². The molecule has 1 N–H and O–H groups in total. The van der Waals surface area contributed by atoms with Crippen molar-refractivity contribution >= 4 is 11.7 Å². The average molecular weight is 261 g/mol. The van der Waals surface area contributed by atoms with Gasteiger partial charge in [-0.15, -0.1) is 0 Å². The molecule has 0 bridgehead atoms. The lowest BCUT2D eigenvalue weighted by molar-refractivity contribution is -0.139. The number of nitrogens with zero attached hydrogens (tertiary/aromatic N) is 1. The van der Waals surface area contributed by atoms with Crippen molar-refractivity contribution in [3.05, 3.63) is 29.8 Å². The van der Waals surface area contributed by atoms with Gasteiger partial charge in [0.15, 0.2) is 0 Å². The summed E-state index contributed by atoms with van der Waals surface area (Å²) in [6, 6.07) is 8.57. The second kappa shape index (κ2) is 5.24. The van der Waals surface area contributed by atoms with Crippen LogP contribution in [0.4, 0.5) is 5.69 Å². The molecule has 1 unspecified atom stereocenters. The van der Waals surface area contributed by atoms with E-state index in [-0.39, 0.29) is 17.8 Å². The molecule has 3 nitrogen and oxygen atoms in total. The van der Waals surface area contributed by atoms with Crippen LogP contribution in [0.3, 0.4) is 0 Å². The van der Waals surface area contributed by atoms with Gasteiger partial charge in [0.2, 0.25) is 0 Å². The number of carbonyl (C=O) groups is 1. The number of piperidine rings is 1. The molecule has 0 aromatic heterocycles. The Balaban J connectivity index is 2.09. The zero-order chi connectivity index (χ0) is 14.0. The summed E-state index contributed by atoms with van der Waals surface area (Å²) < 4.78 is 0. The van der Waals surface area contributed by atoms with E-state index in [1.165, 1.54) is 11.3 Å². The quantitative estimate of drug-likeness (QED) is 0.907. The van der Waals surface area contributed by atoms with Gasteiger partial charge in [-0.1, -0.05) is 31.5 Å². The summed E-state index contributed by atoms with van der Waals surface area (Å²) in [6.07, 6.45) is 1.24. The predicted molar refractivity (Wildman–Crippen MR) is 77.5 cm³/mol. The molecule has 1 atom stereocenters. The first-order chi connectivity index (χ1) is 8.88. The van der Waals surface area contributed by atoms with Crippen LogP contribution in [0.25, 0.3) is 0 Å². The lowest BCUT2D eigenvalue weighted by atomic mass is 9.72. The van der Waals surface area contributed by atoms with Gasteiger partial charge in [0.1, 0.15) is 0 Å². The molecule has 1 aliphatic rings. The largest absolute Gasteiger partial charge is 0.481 e. The topological polar surface area (TPSA) is 40.5 Å². The first-order valence-electron chi connectivity index (χ1n) is 6.92. The summed E-state index contributed by atoms with van der Waals surface area (Å²) in [4.78, 5) is 13.3. The van der Waals surface area contributed by atoms with Crippen LogP contribution >= 0.6 is 0 Å². The third-order valence-electron chi connectivity index (χ3n) is 4.27. The maximum atomic E-state index is 10.9. The van der Waals surface area contributed by atoms with Crippen LogP contribution in [0.1, 0.15) is 32.3 Å². The molecular formula is C16H23NO2. The summed E-state index contributed by atoms with van der Waals surface area (Å²) in [5.41, 5.74) is 2.55. The van der Waals surface area contributed by atoms with E-state index in [4.69, 9.17) is 5.11 Å². The van der Waals surface area contributed by atoms with E-state index in [0.717, 1.165) is 19.5 Å². The van der Waals surface area contributed by atoms with E-state index >= 15 is 0 Å². The normalized spacial score (nSPS) is 22.3. The Labute approximate surface area is 115 Å². The second-order valence-electron chi connectivity index (χ2n) is 6.33. The molecular weight excluding hydrogens is 238 g/mol. The highest BCUT2D eigenvalue weighted by Gasteiger charge is 2.36. The van der Waals surface area contributed by atoms with Crippen LogP contribution in [0, 0.1) is 18.3 Å². The second-order valence-corrected chi connectivity index (χ2v) is 6.33. The highest BCUT2D eigenvalue weighted by atomic mass is 16.4. The van der Waals surface area contributed by atoms with Crippen LogP contribution in [0.5, 0.6) is 0 Å². The molecule has 0 saturated carbocycles. The Hall–Kier alpha value is -1.51. The number of benzene rings is 1. The van der Waals surface area contributed by atoms with Crippen molar-refractivity contribution in [1.29, 1.82) is 0 Å². The Morgan fingerprint density at radius 1 is 1.37 bits per heavy atom. The molecule has 0 radical (unpaired) electrons. The van der Waals surface area contributed by atoms with E-state index in [1.54, 1.807) is 0 Å². The fourth-order valence-electron chi connectivity index (χ4n) is 2.97. The average Bonchev–Trinajstić information content (AvgIpc) is 2.32. The van der Waals surface area contributed by atoms with Crippen molar-refractivity contribution < 1.29 is 9.90 Å². The monoisotopic (exact) mass is 261 g/mol. The molecule has 1 fully saturated rings. The smallest absolute Gasteiger partial charge is 0.303 e. The maximum absolute atomic E-state index is 10.9. The minimum atomic E-state index is -0.679.